The molecule has 2 heterocycles. The van der Waals surface area contributed by atoms with Crippen LogP contribution in [0.1, 0.15) is 43.9 Å². The minimum atomic E-state index is -0.509. The maximum absolute atomic E-state index is 13.1. The Balaban J connectivity index is 1.72. The number of nitrogens with zero attached hydrogens (tertiary/aromatic N) is 2. The van der Waals surface area contributed by atoms with Gasteiger partial charge in [0, 0.05) is 35.9 Å². The fourth-order valence-corrected chi connectivity index (χ4v) is 3.49. The Kier molecular flexibility index (Phi) is 6.63. The first-order valence-corrected chi connectivity index (χ1v) is 10.2. The van der Waals surface area contributed by atoms with E-state index in [1.54, 1.807) is 49.1 Å². The van der Waals surface area contributed by atoms with Crippen LogP contribution in [0.2, 0.25) is 0 Å². The summed E-state index contributed by atoms with van der Waals surface area (Å²) in [4.78, 5) is 34.1. The second-order valence-electron chi connectivity index (χ2n) is 7.20. The number of pyridine rings is 2. The monoisotopic (exact) mass is 422 g/mol. The molecule has 2 aromatic heterocycles. The number of amides is 2. The number of hydrogen-bond donors (Lipinski definition) is 2. The van der Waals surface area contributed by atoms with Crippen molar-refractivity contribution in [2.75, 3.05) is 0 Å². The van der Waals surface area contributed by atoms with Gasteiger partial charge in [-0.1, -0.05) is 60.7 Å². The molecule has 0 aliphatic carbocycles. The lowest BCUT2D eigenvalue weighted by Crippen LogP contribution is -2.40. The van der Waals surface area contributed by atoms with Crippen molar-refractivity contribution in [3.63, 3.8) is 0 Å². The average molecular weight is 422 g/mol. The van der Waals surface area contributed by atoms with E-state index in [4.69, 9.17) is 0 Å². The van der Waals surface area contributed by atoms with Gasteiger partial charge in [0.1, 0.15) is 0 Å². The van der Waals surface area contributed by atoms with Crippen LogP contribution in [-0.2, 0) is 0 Å². The van der Waals surface area contributed by atoms with E-state index >= 15 is 0 Å². The average Bonchev–Trinajstić information content (AvgIpc) is 2.88. The van der Waals surface area contributed by atoms with Gasteiger partial charge in [-0.25, -0.2) is 0 Å². The van der Waals surface area contributed by atoms with E-state index in [0.717, 1.165) is 11.1 Å². The Bertz CT molecular complexity index is 1060. The summed E-state index contributed by atoms with van der Waals surface area (Å²) in [5.74, 6) is -0.499. The summed E-state index contributed by atoms with van der Waals surface area (Å²) in [6, 6.07) is 24.8. The van der Waals surface area contributed by atoms with Crippen molar-refractivity contribution in [3.05, 3.63) is 132 Å². The van der Waals surface area contributed by atoms with Crippen molar-refractivity contribution in [2.45, 2.75) is 12.1 Å². The molecule has 2 aromatic carbocycles. The first-order chi connectivity index (χ1) is 15.7. The van der Waals surface area contributed by atoms with Crippen molar-refractivity contribution in [1.82, 2.24) is 20.6 Å². The summed E-state index contributed by atoms with van der Waals surface area (Å²) in [7, 11) is 0. The number of carbonyl (C=O) groups excluding carboxylic acids is 2. The molecule has 0 bridgehead atoms. The number of carbonyl (C=O) groups is 2. The molecular weight excluding hydrogens is 400 g/mol. The van der Waals surface area contributed by atoms with Crippen LogP contribution in [-0.4, -0.2) is 21.8 Å². The summed E-state index contributed by atoms with van der Waals surface area (Å²) in [6.45, 7) is 0. The van der Waals surface area contributed by atoms with Crippen molar-refractivity contribution < 1.29 is 9.59 Å². The lowest BCUT2D eigenvalue weighted by Gasteiger charge is -2.30. The van der Waals surface area contributed by atoms with Gasteiger partial charge in [0.25, 0.3) is 11.8 Å². The van der Waals surface area contributed by atoms with Gasteiger partial charge in [0.15, 0.2) is 0 Å². The highest BCUT2D eigenvalue weighted by Crippen LogP contribution is 2.30. The van der Waals surface area contributed by atoms with Crippen LogP contribution in [0.3, 0.4) is 0 Å². The quantitative estimate of drug-likeness (QED) is 0.469. The normalized spacial score (nSPS) is 12.4. The minimum absolute atomic E-state index is 0.250. The fourth-order valence-electron chi connectivity index (χ4n) is 3.49. The number of rotatable bonds is 7. The number of benzene rings is 2. The Morgan fingerprint density at radius 2 is 0.875 bits per heavy atom. The standard InChI is InChI=1S/C26H22N4O2/c31-25(21-11-15-27-16-12-21)29-23(19-7-3-1-4-8-19)24(20-9-5-2-6-10-20)30-26(32)22-13-17-28-18-14-22/h1-18,23-24H,(H,29,31)(H,30,32)/t23-,24-/m0/s1. The van der Waals surface area contributed by atoms with E-state index in [2.05, 4.69) is 20.6 Å². The van der Waals surface area contributed by atoms with Crippen molar-refractivity contribution >= 4 is 11.8 Å². The third-order valence-electron chi connectivity index (χ3n) is 5.11. The summed E-state index contributed by atoms with van der Waals surface area (Å²) in [5, 5.41) is 6.22. The number of nitrogens with one attached hydrogen (secondary N) is 2. The SMILES string of the molecule is O=C(N[C@@H](c1ccccc1)[C@@H](NC(=O)c1ccncc1)c1ccccc1)c1ccncc1. The molecule has 0 saturated heterocycles. The molecule has 0 unspecified atom stereocenters. The molecule has 0 aliphatic rings. The van der Waals surface area contributed by atoms with Crippen molar-refractivity contribution in [3.8, 4) is 0 Å². The second-order valence-corrected chi connectivity index (χ2v) is 7.20. The molecule has 0 radical (unpaired) electrons. The summed E-state index contributed by atoms with van der Waals surface area (Å²) in [5.41, 5.74) is 2.74. The summed E-state index contributed by atoms with van der Waals surface area (Å²) in [6.07, 6.45) is 6.30. The molecule has 158 valence electrons. The molecule has 0 fully saturated rings. The van der Waals surface area contributed by atoms with Crippen molar-refractivity contribution in [2.24, 2.45) is 0 Å². The molecular formula is C26H22N4O2. The topological polar surface area (TPSA) is 84.0 Å². The zero-order chi connectivity index (χ0) is 22.2. The number of aromatic nitrogens is 2. The predicted molar refractivity (Wildman–Crippen MR) is 122 cm³/mol. The molecule has 4 rings (SSSR count). The van der Waals surface area contributed by atoms with E-state index < -0.39 is 12.1 Å². The summed E-state index contributed by atoms with van der Waals surface area (Å²) >= 11 is 0. The molecule has 0 aliphatic heterocycles. The van der Waals surface area contributed by atoms with Crippen LogP contribution in [0.4, 0.5) is 0 Å². The summed E-state index contributed by atoms with van der Waals surface area (Å²) < 4.78 is 0. The zero-order valence-electron chi connectivity index (χ0n) is 17.3. The van der Waals surface area contributed by atoms with E-state index in [9.17, 15) is 9.59 Å². The van der Waals surface area contributed by atoms with Crippen LogP contribution in [0.25, 0.3) is 0 Å². The second kappa shape index (κ2) is 10.1. The first-order valence-electron chi connectivity index (χ1n) is 10.2. The van der Waals surface area contributed by atoms with Gasteiger partial charge in [0.2, 0.25) is 0 Å². The molecule has 0 saturated carbocycles. The zero-order valence-corrected chi connectivity index (χ0v) is 17.3. The van der Waals surface area contributed by atoms with Crippen LogP contribution >= 0.6 is 0 Å². The van der Waals surface area contributed by atoms with Crippen molar-refractivity contribution in [1.29, 1.82) is 0 Å². The highest BCUT2D eigenvalue weighted by Gasteiger charge is 2.28. The molecule has 0 spiro atoms. The Hall–Kier alpha value is -4.32. The van der Waals surface area contributed by atoms with Crippen LogP contribution in [0, 0.1) is 0 Å². The fraction of sp³-hybridized carbons (Fsp3) is 0.0769. The third kappa shape index (κ3) is 5.05. The van der Waals surface area contributed by atoms with Crippen LogP contribution < -0.4 is 10.6 Å². The minimum Gasteiger partial charge on any atom is -0.343 e. The van der Waals surface area contributed by atoms with Gasteiger partial charge in [-0.05, 0) is 35.4 Å². The lowest BCUT2D eigenvalue weighted by atomic mass is 9.92. The Morgan fingerprint density at radius 3 is 1.22 bits per heavy atom. The number of hydrogen-bond acceptors (Lipinski definition) is 4. The molecule has 2 amide bonds. The van der Waals surface area contributed by atoms with Gasteiger partial charge in [-0.15, -0.1) is 0 Å². The van der Waals surface area contributed by atoms with Gasteiger partial charge in [0.05, 0.1) is 12.1 Å². The molecule has 6 nitrogen and oxygen atoms in total. The van der Waals surface area contributed by atoms with Crippen LogP contribution in [0.15, 0.2) is 110 Å². The van der Waals surface area contributed by atoms with E-state index in [1.807, 2.05) is 60.7 Å². The van der Waals surface area contributed by atoms with E-state index in [1.165, 1.54) is 0 Å². The molecule has 6 heteroatoms. The molecule has 4 aromatic rings. The van der Waals surface area contributed by atoms with Gasteiger partial charge < -0.3 is 10.6 Å². The molecule has 2 N–H and O–H groups in total. The van der Waals surface area contributed by atoms with Crippen LogP contribution in [0.5, 0.6) is 0 Å². The smallest absolute Gasteiger partial charge is 0.251 e. The maximum Gasteiger partial charge on any atom is 0.251 e. The maximum atomic E-state index is 13.1. The predicted octanol–water partition coefficient (Wildman–Crippen LogP) is 4.12. The van der Waals surface area contributed by atoms with Gasteiger partial charge in [-0.3, -0.25) is 19.6 Å². The highest BCUT2D eigenvalue weighted by molar-refractivity contribution is 5.95. The third-order valence-corrected chi connectivity index (χ3v) is 5.11. The van der Waals surface area contributed by atoms with E-state index in [0.29, 0.717) is 11.1 Å². The van der Waals surface area contributed by atoms with Gasteiger partial charge in [-0.2, -0.15) is 0 Å². The molecule has 2 atom stereocenters. The Labute approximate surface area is 186 Å². The Morgan fingerprint density at radius 1 is 0.531 bits per heavy atom. The highest BCUT2D eigenvalue weighted by atomic mass is 16.2. The largest absolute Gasteiger partial charge is 0.343 e. The first kappa shape index (κ1) is 20.9. The van der Waals surface area contributed by atoms with Gasteiger partial charge >= 0.3 is 0 Å². The lowest BCUT2D eigenvalue weighted by molar-refractivity contribution is 0.0881. The van der Waals surface area contributed by atoms with E-state index in [-0.39, 0.29) is 11.8 Å². The molecule has 32 heavy (non-hydrogen) atoms.